The summed E-state index contributed by atoms with van der Waals surface area (Å²) in [5, 5.41) is 12.7. The fourth-order valence-electron chi connectivity index (χ4n) is 1.65. The van der Waals surface area contributed by atoms with Gasteiger partial charge in [-0.2, -0.15) is 0 Å². The highest BCUT2D eigenvalue weighted by Gasteiger charge is 2.09. The third-order valence-electron chi connectivity index (χ3n) is 2.42. The van der Waals surface area contributed by atoms with E-state index in [1.54, 1.807) is 0 Å². The molecule has 1 amide bonds. The van der Waals surface area contributed by atoms with Crippen LogP contribution in [0.5, 0.6) is 0 Å². The van der Waals surface area contributed by atoms with Crippen LogP contribution in [-0.4, -0.2) is 56.1 Å². The molecule has 19 heavy (non-hydrogen) atoms. The predicted molar refractivity (Wildman–Crippen MR) is 73.8 cm³/mol. The number of nitrogens with one attached hydrogen (secondary N) is 1. The number of aliphatic hydroxyl groups excluding tert-OH is 1. The number of amides is 1. The van der Waals surface area contributed by atoms with Gasteiger partial charge in [0.2, 0.25) is 5.91 Å². The van der Waals surface area contributed by atoms with E-state index < -0.39 is 12.0 Å². The minimum Gasteiger partial charge on any atom is -0.389 e. The monoisotopic (exact) mass is 276 g/mol. The van der Waals surface area contributed by atoms with Crippen molar-refractivity contribution in [1.82, 2.24) is 5.32 Å². The molecule has 6 nitrogen and oxygen atoms in total. The van der Waals surface area contributed by atoms with Gasteiger partial charge in [0, 0.05) is 13.1 Å². The Morgan fingerprint density at radius 3 is 2.63 bits per heavy atom. The van der Waals surface area contributed by atoms with Crippen LogP contribution in [0.2, 0.25) is 0 Å². The largest absolute Gasteiger partial charge is 0.389 e. The number of carbonyl (C=O) groups is 1. The minimum atomic E-state index is -0.536. The maximum Gasteiger partial charge on any atom is 0.243 e. The van der Waals surface area contributed by atoms with E-state index in [0.717, 1.165) is 6.42 Å². The Balaban J connectivity index is 3.39. The molecule has 0 aromatic heterocycles. The highest BCUT2D eigenvalue weighted by molar-refractivity contribution is 5.74. The Bertz CT molecular complexity index is 237. The van der Waals surface area contributed by atoms with E-state index in [-0.39, 0.29) is 12.7 Å². The van der Waals surface area contributed by atoms with Crippen molar-refractivity contribution >= 4 is 5.91 Å². The first-order valence-electron chi connectivity index (χ1n) is 6.78. The van der Waals surface area contributed by atoms with Gasteiger partial charge < -0.3 is 25.6 Å². The quantitative estimate of drug-likeness (QED) is 0.432. The molecule has 0 spiro atoms. The molecule has 0 aliphatic carbocycles. The van der Waals surface area contributed by atoms with Gasteiger partial charge in [0.15, 0.2) is 0 Å². The maximum atomic E-state index is 10.4. The number of hydrogen-bond acceptors (Lipinski definition) is 5. The molecule has 0 saturated carbocycles. The topological polar surface area (TPSA) is 93.8 Å². The second kappa shape index (κ2) is 11.2. The summed E-state index contributed by atoms with van der Waals surface area (Å²) < 4.78 is 10.5. The Morgan fingerprint density at radius 2 is 2.05 bits per heavy atom. The van der Waals surface area contributed by atoms with Crippen LogP contribution < -0.4 is 11.1 Å². The van der Waals surface area contributed by atoms with Gasteiger partial charge in [0.1, 0.15) is 6.61 Å². The molecule has 0 bridgehead atoms. The zero-order valence-corrected chi connectivity index (χ0v) is 12.2. The van der Waals surface area contributed by atoms with Gasteiger partial charge in [0.25, 0.3) is 0 Å². The third kappa shape index (κ3) is 13.5. The van der Waals surface area contributed by atoms with Crippen molar-refractivity contribution in [3.63, 3.8) is 0 Å². The molecule has 2 atom stereocenters. The highest BCUT2D eigenvalue weighted by Crippen LogP contribution is 2.07. The molecular weight excluding hydrogens is 248 g/mol. The van der Waals surface area contributed by atoms with Gasteiger partial charge in [-0.05, 0) is 19.3 Å². The van der Waals surface area contributed by atoms with E-state index in [9.17, 15) is 9.90 Å². The van der Waals surface area contributed by atoms with Crippen LogP contribution in [0, 0.1) is 5.92 Å². The Morgan fingerprint density at radius 1 is 1.37 bits per heavy atom. The van der Waals surface area contributed by atoms with Crippen LogP contribution in [0.4, 0.5) is 0 Å². The van der Waals surface area contributed by atoms with Gasteiger partial charge in [-0.25, -0.2) is 0 Å². The minimum absolute atomic E-state index is 0.0694. The first kappa shape index (κ1) is 18.3. The van der Waals surface area contributed by atoms with E-state index in [1.807, 2.05) is 6.92 Å². The number of nitrogens with two attached hydrogens (primary N) is 1. The smallest absolute Gasteiger partial charge is 0.243 e. The fraction of sp³-hybridized carbons (Fsp3) is 0.923. The van der Waals surface area contributed by atoms with Crippen molar-refractivity contribution < 1.29 is 19.4 Å². The summed E-state index contributed by atoms with van der Waals surface area (Å²) in [6, 6.07) is 0. The lowest BCUT2D eigenvalue weighted by Gasteiger charge is -2.18. The van der Waals surface area contributed by atoms with E-state index in [1.165, 1.54) is 0 Å². The number of primary amides is 1. The molecule has 4 N–H and O–H groups in total. The van der Waals surface area contributed by atoms with Crippen molar-refractivity contribution in [2.45, 2.75) is 39.4 Å². The lowest BCUT2D eigenvalue weighted by atomic mass is 10.1. The van der Waals surface area contributed by atoms with E-state index >= 15 is 0 Å². The second-order valence-electron chi connectivity index (χ2n) is 5.15. The molecule has 6 heteroatoms. The third-order valence-corrected chi connectivity index (χ3v) is 2.42. The molecule has 0 radical (unpaired) electrons. The number of aliphatic hydroxyl groups is 1. The SMILES string of the molecule is CC(C)CC(C)OCC(O)CNCCOCC(N)=O. The van der Waals surface area contributed by atoms with Gasteiger partial charge in [-0.1, -0.05) is 13.8 Å². The van der Waals surface area contributed by atoms with E-state index in [0.29, 0.717) is 32.2 Å². The van der Waals surface area contributed by atoms with Crippen LogP contribution in [0.15, 0.2) is 0 Å². The predicted octanol–water partition coefficient (Wildman–Crippen LogP) is -0.110. The molecule has 114 valence electrons. The van der Waals surface area contributed by atoms with Crippen LogP contribution in [0.1, 0.15) is 27.2 Å². The van der Waals surface area contributed by atoms with Crippen LogP contribution >= 0.6 is 0 Å². The van der Waals surface area contributed by atoms with Crippen molar-refractivity contribution in [3.8, 4) is 0 Å². The van der Waals surface area contributed by atoms with Crippen molar-refractivity contribution in [1.29, 1.82) is 0 Å². The first-order chi connectivity index (χ1) is 8.91. The summed E-state index contributed by atoms with van der Waals surface area (Å²) in [7, 11) is 0. The summed E-state index contributed by atoms with van der Waals surface area (Å²) >= 11 is 0. The fourth-order valence-corrected chi connectivity index (χ4v) is 1.65. The van der Waals surface area contributed by atoms with Gasteiger partial charge in [-0.3, -0.25) is 4.79 Å². The zero-order chi connectivity index (χ0) is 14.7. The zero-order valence-electron chi connectivity index (χ0n) is 12.2. The molecular formula is C13H28N2O4. The van der Waals surface area contributed by atoms with E-state index in [2.05, 4.69) is 19.2 Å². The molecule has 0 aliphatic heterocycles. The van der Waals surface area contributed by atoms with Gasteiger partial charge in [-0.15, -0.1) is 0 Å². The number of ether oxygens (including phenoxy) is 2. The molecule has 0 aromatic carbocycles. The number of carbonyl (C=O) groups excluding carboxylic acids is 1. The Hall–Kier alpha value is -0.690. The molecule has 0 fully saturated rings. The van der Waals surface area contributed by atoms with Gasteiger partial charge >= 0.3 is 0 Å². The van der Waals surface area contributed by atoms with E-state index in [4.69, 9.17) is 15.2 Å². The van der Waals surface area contributed by atoms with Crippen molar-refractivity contribution in [2.75, 3.05) is 32.9 Å². The molecule has 0 rings (SSSR count). The van der Waals surface area contributed by atoms with Crippen molar-refractivity contribution in [2.24, 2.45) is 11.7 Å². The summed E-state index contributed by atoms with van der Waals surface area (Å²) in [5.74, 6) is 0.111. The average Bonchev–Trinajstić information content (AvgIpc) is 2.29. The average molecular weight is 276 g/mol. The molecule has 2 unspecified atom stereocenters. The van der Waals surface area contributed by atoms with Crippen LogP contribution in [-0.2, 0) is 14.3 Å². The summed E-state index contributed by atoms with van der Waals surface area (Å²) in [6.07, 6.45) is 0.612. The standard InChI is InChI=1S/C13H28N2O4/c1-10(2)6-11(3)19-8-12(16)7-15-4-5-18-9-13(14)17/h10-12,15-16H,4-9H2,1-3H3,(H2,14,17). The van der Waals surface area contributed by atoms with Crippen LogP contribution in [0.25, 0.3) is 0 Å². The van der Waals surface area contributed by atoms with Crippen molar-refractivity contribution in [3.05, 3.63) is 0 Å². The summed E-state index contributed by atoms with van der Waals surface area (Å²) in [5.41, 5.74) is 4.92. The summed E-state index contributed by atoms with van der Waals surface area (Å²) in [4.78, 5) is 10.4. The highest BCUT2D eigenvalue weighted by atomic mass is 16.5. The Kier molecular flexibility index (Phi) is 10.8. The summed E-state index contributed by atoms with van der Waals surface area (Å²) in [6.45, 7) is 7.94. The lowest BCUT2D eigenvalue weighted by Crippen LogP contribution is -2.34. The molecule has 0 heterocycles. The Labute approximate surface area is 115 Å². The lowest BCUT2D eigenvalue weighted by molar-refractivity contribution is -0.122. The number of rotatable bonds is 12. The second-order valence-corrected chi connectivity index (χ2v) is 5.15. The molecule has 0 aliphatic rings. The maximum absolute atomic E-state index is 10.4. The number of hydrogen-bond donors (Lipinski definition) is 3. The van der Waals surface area contributed by atoms with Crippen LogP contribution in [0.3, 0.4) is 0 Å². The molecule has 0 aromatic rings. The first-order valence-corrected chi connectivity index (χ1v) is 6.78. The normalized spacial score (nSPS) is 14.6. The molecule has 0 saturated heterocycles. The van der Waals surface area contributed by atoms with Gasteiger partial charge in [0.05, 0.1) is 25.4 Å².